The van der Waals surface area contributed by atoms with Crippen LogP contribution in [0.4, 0.5) is 0 Å². The van der Waals surface area contributed by atoms with Crippen LogP contribution in [0.15, 0.2) is 206 Å². The lowest BCUT2D eigenvalue weighted by molar-refractivity contribution is -0.0554. The standard InChI is InChI=1S/C54H38O4/c55-53(39-27-15-5-16-28-39)57-51-49-45-41(35-19-7-1-8-20-35)31-32-42(36-21-9-2-10-22-36)46(45)50(52(51)58-54(56)40-29-17-6-18-30-40)48-44(38-25-13-4-14-26-38)34-33-43(47(48)49)37-23-11-3-12-24-37/h1-34,49-52H/t49-,50-,51?,52?. The monoisotopic (exact) mass is 750 g/mol. The van der Waals surface area contributed by atoms with E-state index in [1.165, 1.54) is 0 Å². The molecule has 278 valence electrons. The number of carbonyl (C=O) groups excluding carboxylic acids is 2. The van der Waals surface area contributed by atoms with Crippen LogP contribution in [0.3, 0.4) is 0 Å². The van der Waals surface area contributed by atoms with Gasteiger partial charge in [-0.15, -0.1) is 0 Å². The molecule has 0 saturated carbocycles. The maximum absolute atomic E-state index is 14.4. The Balaban J connectivity index is 1.33. The topological polar surface area (TPSA) is 52.6 Å². The summed E-state index contributed by atoms with van der Waals surface area (Å²) in [6, 6.07) is 68.7. The number of benzene rings is 8. The Morgan fingerprint density at radius 1 is 0.293 bits per heavy atom. The molecule has 4 nitrogen and oxygen atoms in total. The quantitative estimate of drug-likeness (QED) is 0.145. The molecule has 0 heterocycles. The molecule has 2 atom stereocenters. The SMILES string of the molecule is O=C(OC1C(OC(=O)c2ccccc2)[C@H]2c3c(-c4ccccc4)ccc(-c4ccccc4)c3[C@H]1c1c(-c3ccccc3)ccc(-c3ccccc3)c12)c1ccccc1. The van der Waals surface area contributed by atoms with Crippen molar-refractivity contribution in [1.29, 1.82) is 0 Å². The predicted octanol–water partition coefficient (Wildman–Crippen LogP) is 12.4. The molecule has 0 spiro atoms. The number of rotatable bonds is 8. The van der Waals surface area contributed by atoms with Crippen molar-refractivity contribution in [2.45, 2.75) is 24.0 Å². The normalized spacial score (nSPS) is 17.4. The second-order valence-corrected chi connectivity index (χ2v) is 14.9. The van der Waals surface area contributed by atoms with Gasteiger partial charge in [-0.3, -0.25) is 0 Å². The molecular weight excluding hydrogens is 713 g/mol. The van der Waals surface area contributed by atoms with E-state index >= 15 is 0 Å². The lowest BCUT2D eigenvalue weighted by atomic mass is 9.56. The third-order valence-electron chi connectivity index (χ3n) is 11.6. The zero-order valence-corrected chi connectivity index (χ0v) is 31.6. The largest absolute Gasteiger partial charge is 0.454 e. The van der Waals surface area contributed by atoms with E-state index in [1.807, 2.05) is 60.7 Å². The van der Waals surface area contributed by atoms with Crippen LogP contribution in [-0.2, 0) is 9.47 Å². The molecule has 0 fully saturated rings. The van der Waals surface area contributed by atoms with E-state index in [0.29, 0.717) is 11.1 Å². The van der Waals surface area contributed by atoms with Gasteiger partial charge in [0.15, 0.2) is 12.2 Å². The Morgan fingerprint density at radius 2 is 0.517 bits per heavy atom. The molecule has 3 aliphatic rings. The first kappa shape index (κ1) is 35.1. The van der Waals surface area contributed by atoms with Crippen LogP contribution in [0.25, 0.3) is 44.5 Å². The fraction of sp³-hybridized carbons (Fsp3) is 0.0741. The molecule has 3 aliphatic carbocycles. The van der Waals surface area contributed by atoms with Gasteiger partial charge < -0.3 is 9.47 Å². The fourth-order valence-corrected chi connectivity index (χ4v) is 9.22. The van der Waals surface area contributed by atoms with Gasteiger partial charge >= 0.3 is 11.9 Å². The number of fused-ring (bicyclic) bond motifs is 1. The minimum Gasteiger partial charge on any atom is -0.454 e. The Labute approximate surface area is 338 Å². The Kier molecular flexibility index (Phi) is 9.08. The molecule has 58 heavy (non-hydrogen) atoms. The Morgan fingerprint density at radius 3 is 0.759 bits per heavy atom. The summed E-state index contributed by atoms with van der Waals surface area (Å²) in [5, 5.41) is 0. The second-order valence-electron chi connectivity index (χ2n) is 14.9. The summed E-state index contributed by atoms with van der Waals surface area (Å²) >= 11 is 0. The van der Waals surface area contributed by atoms with E-state index in [4.69, 9.17) is 9.47 Å². The van der Waals surface area contributed by atoms with Gasteiger partial charge in [0, 0.05) is 0 Å². The summed E-state index contributed by atoms with van der Waals surface area (Å²) < 4.78 is 13.7. The molecule has 2 unspecified atom stereocenters. The molecule has 0 amide bonds. The van der Waals surface area contributed by atoms with Crippen molar-refractivity contribution in [2.75, 3.05) is 0 Å². The number of carbonyl (C=O) groups is 2. The average Bonchev–Trinajstić information content (AvgIpc) is 3.30. The summed E-state index contributed by atoms with van der Waals surface area (Å²) in [5.74, 6) is -2.01. The van der Waals surface area contributed by atoms with Crippen molar-refractivity contribution in [3.63, 3.8) is 0 Å². The molecular formula is C54H38O4. The van der Waals surface area contributed by atoms with E-state index in [9.17, 15) is 9.59 Å². The molecule has 8 aromatic carbocycles. The van der Waals surface area contributed by atoms with Gasteiger partial charge in [-0.05, 0) is 91.0 Å². The zero-order valence-electron chi connectivity index (χ0n) is 31.6. The first-order valence-corrected chi connectivity index (χ1v) is 19.7. The fourth-order valence-electron chi connectivity index (χ4n) is 9.22. The zero-order chi connectivity index (χ0) is 39.0. The maximum atomic E-state index is 14.4. The van der Waals surface area contributed by atoms with E-state index in [2.05, 4.69) is 121 Å². The van der Waals surface area contributed by atoms with E-state index in [1.54, 1.807) is 24.3 Å². The van der Waals surface area contributed by atoms with Crippen molar-refractivity contribution in [1.82, 2.24) is 0 Å². The molecule has 0 aliphatic heterocycles. The van der Waals surface area contributed by atoms with Gasteiger partial charge in [0.1, 0.15) is 0 Å². The maximum Gasteiger partial charge on any atom is 0.338 e. The van der Waals surface area contributed by atoms with E-state index in [-0.39, 0.29) is 0 Å². The van der Waals surface area contributed by atoms with Crippen LogP contribution in [-0.4, -0.2) is 24.1 Å². The van der Waals surface area contributed by atoms with Crippen molar-refractivity contribution < 1.29 is 19.1 Å². The second kappa shape index (κ2) is 15.0. The Hall–Kier alpha value is -7.30. The van der Waals surface area contributed by atoms with Gasteiger partial charge in [-0.2, -0.15) is 0 Å². The molecule has 4 heteroatoms. The lowest BCUT2D eigenvalue weighted by Gasteiger charge is -2.51. The van der Waals surface area contributed by atoms with E-state index in [0.717, 1.165) is 66.8 Å². The number of ether oxygens (including phenoxy) is 2. The third kappa shape index (κ3) is 6.11. The van der Waals surface area contributed by atoms with Crippen LogP contribution in [0.5, 0.6) is 0 Å². The highest BCUT2D eigenvalue weighted by Gasteiger charge is 2.57. The third-order valence-corrected chi connectivity index (χ3v) is 11.6. The average molecular weight is 751 g/mol. The summed E-state index contributed by atoms with van der Waals surface area (Å²) in [6.45, 7) is 0. The molecule has 0 saturated heterocycles. The molecule has 8 aromatic rings. The number of hydrogen-bond acceptors (Lipinski definition) is 4. The highest BCUT2D eigenvalue weighted by Crippen LogP contribution is 2.62. The van der Waals surface area contributed by atoms with Crippen LogP contribution in [0, 0.1) is 0 Å². The van der Waals surface area contributed by atoms with Crippen LogP contribution in [0.1, 0.15) is 54.8 Å². The predicted molar refractivity (Wildman–Crippen MR) is 230 cm³/mol. The number of esters is 2. The molecule has 0 N–H and O–H groups in total. The first-order valence-electron chi connectivity index (χ1n) is 19.7. The van der Waals surface area contributed by atoms with Gasteiger partial charge in [0.2, 0.25) is 0 Å². The van der Waals surface area contributed by atoms with Crippen molar-refractivity contribution in [3.8, 4) is 44.5 Å². The summed E-state index contributed by atoms with van der Waals surface area (Å²) in [6.07, 6.45) is -1.76. The molecule has 0 radical (unpaired) electrons. The van der Waals surface area contributed by atoms with Gasteiger partial charge in [-0.25, -0.2) is 9.59 Å². The summed E-state index contributed by atoms with van der Waals surface area (Å²) in [5.41, 5.74) is 13.6. The first-order chi connectivity index (χ1) is 28.7. The lowest BCUT2D eigenvalue weighted by Crippen LogP contribution is -2.52. The molecule has 0 aromatic heterocycles. The van der Waals surface area contributed by atoms with E-state index < -0.39 is 36.0 Å². The summed E-state index contributed by atoms with van der Waals surface area (Å²) in [7, 11) is 0. The Bertz CT molecular complexity index is 2420. The van der Waals surface area contributed by atoms with Gasteiger partial charge in [0.25, 0.3) is 0 Å². The van der Waals surface area contributed by atoms with Crippen molar-refractivity contribution in [2.24, 2.45) is 0 Å². The van der Waals surface area contributed by atoms with Crippen LogP contribution < -0.4 is 0 Å². The van der Waals surface area contributed by atoms with Gasteiger partial charge in [0.05, 0.1) is 23.0 Å². The van der Waals surface area contributed by atoms with Crippen molar-refractivity contribution in [3.05, 3.63) is 240 Å². The van der Waals surface area contributed by atoms with Crippen molar-refractivity contribution >= 4 is 11.9 Å². The number of hydrogen-bond donors (Lipinski definition) is 0. The van der Waals surface area contributed by atoms with Crippen LogP contribution >= 0.6 is 0 Å². The van der Waals surface area contributed by atoms with Crippen LogP contribution in [0.2, 0.25) is 0 Å². The minimum absolute atomic E-state index is 0.431. The minimum atomic E-state index is -0.882. The summed E-state index contributed by atoms with van der Waals surface area (Å²) in [4.78, 5) is 28.9. The molecule has 2 bridgehead atoms. The molecule has 11 rings (SSSR count). The smallest absolute Gasteiger partial charge is 0.338 e. The highest BCUT2D eigenvalue weighted by atomic mass is 16.6. The van der Waals surface area contributed by atoms with Gasteiger partial charge in [-0.1, -0.05) is 182 Å². The highest BCUT2D eigenvalue weighted by molar-refractivity contribution is 5.93.